The summed E-state index contributed by atoms with van der Waals surface area (Å²) >= 11 is 0. The van der Waals surface area contributed by atoms with Crippen LogP contribution in [-0.2, 0) is 19.3 Å². The van der Waals surface area contributed by atoms with Crippen molar-refractivity contribution in [2.24, 2.45) is 0 Å². The lowest BCUT2D eigenvalue weighted by molar-refractivity contribution is 0.0955. The third-order valence-corrected chi connectivity index (χ3v) is 6.07. The van der Waals surface area contributed by atoms with E-state index >= 15 is 0 Å². The van der Waals surface area contributed by atoms with Gasteiger partial charge in [0, 0.05) is 30.4 Å². The number of rotatable bonds is 7. The first-order valence-electron chi connectivity index (χ1n) is 11.3. The number of amides is 1. The molecular formula is C27H27N5O. The van der Waals surface area contributed by atoms with Gasteiger partial charge in [-0.15, -0.1) is 10.2 Å². The number of nitrogens with zero attached hydrogens (tertiary/aromatic N) is 3. The van der Waals surface area contributed by atoms with Gasteiger partial charge in [-0.05, 0) is 61.4 Å². The maximum atomic E-state index is 13.1. The van der Waals surface area contributed by atoms with Crippen LogP contribution in [0, 0.1) is 13.8 Å². The maximum absolute atomic E-state index is 13.1. The molecule has 0 unspecified atom stereocenters. The van der Waals surface area contributed by atoms with Crippen molar-refractivity contribution < 1.29 is 4.79 Å². The Hall–Kier alpha value is -3.93. The van der Waals surface area contributed by atoms with Crippen LogP contribution in [0.25, 0.3) is 16.6 Å². The molecule has 0 aliphatic heterocycles. The van der Waals surface area contributed by atoms with E-state index in [4.69, 9.17) is 0 Å². The largest absolute Gasteiger partial charge is 0.358 e. The monoisotopic (exact) mass is 437 g/mol. The summed E-state index contributed by atoms with van der Waals surface area (Å²) in [5, 5.41) is 12.7. The lowest BCUT2D eigenvalue weighted by Crippen LogP contribution is -2.26. The first-order valence-corrected chi connectivity index (χ1v) is 11.3. The molecule has 0 atom stereocenters. The molecule has 0 saturated carbocycles. The van der Waals surface area contributed by atoms with Crippen molar-refractivity contribution in [3.8, 4) is 0 Å². The van der Waals surface area contributed by atoms with Gasteiger partial charge in [0.1, 0.15) is 5.82 Å². The highest BCUT2D eigenvalue weighted by atomic mass is 16.1. The fraction of sp³-hybridized carbons (Fsp3) is 0.222. The van der Waals surface area contributed by atoms with Gasteiger partial charge in [-0.2, -0.15) is 0 Å². The number of carbonyl (C=O) groups excluding carboxylic acids is 1. The molecule has 0 bridgehead atoms. The Morgan fingerprint density at radius 2 is 1.73 bits per heavy atom. The zero-order chi connectivity index (χ0) is 22.8. The zero-order valence-corrected chi connectivity index (χ0v) is 18.9. The van der Waals surface area contributed by atoms with Gasteiger partial charge in [0.15, 0.2) is 5.65 Å². The highest BCUT2D eigenvalue weighted by Crippen LogP contribution is 2.17. The molecule has 1 amide bonds. The summed E-state index contributed by atoms with van der Waals surface area (Å²) in [7, 11) is 0. The smallest absolute Gasteiger partial charge is 0.255 e. The van der Waals surface area contributed by atoms with E-state index < -0.39 is 0 Å². The number of nitrogens with one attached hydrogen (secondary N) is 2. The number of aromatic nitrogens is 4. The minimum atomic E-state index is -0.124. The maximum Gasteiger partial charge on any atom is 0.255 e. The Morgan fingerprint density at radius 3 is 2.55 bits per heavy atom. The lowest BCUT2D eigenvalue weighted by Gasteiger charge is -2.10. The molecule has 3 heterocycles. The number of aromatic amines is 1. The molecule has 5 rings (SSSR count). The summed E-state index contributed by atoms with van der Waals surface area (Å²) in [6, 6.07) is 20.9. The van der Waals surface area contributed by atoms with Gasteiger partial charge in [0.2, 0.25) is 0 Å². The van der Waals surface area contributed by atoms with Crippen molar-refractivity contribution >= 4 is 22.5 Å². The van der Waals surface area contributed by atoms with Crippen molar-refractivity contribution in [1.29, 1.82) is 0 Å². The number of hydrogen-bond acceptors (Lipinski definition) is 3. The molecule has 6 nitrogen and oxygen atoms in total. The number of para-hydroxylation sites is 1. The highest BCUT2D eigenvalue weighted by Gasteiger charge is 2.16. The fourth-order valence-corrected chi connectivity index (χ4v) is 4.18. The van der Waals surface area contributed by atoms with Crippen LogP contribution in [0.5, 0.6) is 0 Å². The molecule has 0 spiro atoms. The van der Waals surface area contributed by atoms with Gasteiger partial charge in [-0.3, -0.25) is 9.20 Å². The third-order valence-electron chi connectivity index (χ3n) is 6.07. The van der Waals surface area contributed by atoms with Crippen molar-refractivity contribution in [3.63, 3.8) is 0 Å². The van der Waals surface area contributed by atoms with Crippen LogP contribution in [0.15, 0.2) is 66.9 Å². The Balaban J connectivity index is 1.31. The normalized spacial score (nSPS) is 11.3. The second-order valence-corrected chi connectivity index (χ2v) is 8.58. The molecule has 0 fully saturated rings. The summed E-state index contributed by atoms with van der Waals surface area (Å²) < 4.78 is 1.91. The average molecular weight is 438 g/mol. The summed E-state index contributed by atoms with van der Waals surface area (Å²) in [4.78, 5) is 16.5. The minimum Gasteiger partial charge on any atom is -0.358 e. The van der Waals surface area contributed by atoms with E-state index in [-0.39, 0.29) is 5.91 Å². The first-order chi connectivity index (χ1) is 16.1. The molecule has 166 valence electrons. The predicted octanol–water partition coefficient (Wildman–Crippen LogP) is 4.59. The number of carbonyl (C=O) groups is 1. The van der Waals surface area contributed by atoms with Gasteiger partial charge in [0.05, 0.1) is 5.56 Å². The Labute approximate surface area is 192 Å². The predicted molar refractivity (Wildman–Crippen MR) is 131 cm³/mol. The van der Waals surface area contributed by atoms with Crippen LogP contribution < -0.4 is 5.32 Å². The number of benzene rings is 2. The van der Waals surface area contributed by atoms with Crippen LogP contribution >= 0.6 is 0 Å². The number of H-pyrrole nitrogens is 1. The fourth-order valence-electron chi connectivity index (χ4n) is 4.18. The van der Waals surface area contributed by atoms with Crippen molar-refractivity contribution in [2.75, 3.05) is 6.54 Å². The topological polar surface area (TPSA) is 75.1 Å². The van der Waals surface area contributed by atoms with E-state index in [9.17, 15) is 4.79 Å². The van der Waals surface area contributed by atoms with Crippen LogP contribution in [0.4, 0.5) is 0 Å². The van der Waals surface area contributed by atoms with Crippen LogP contribution in [0.2, 0.25) is 0 Å². The van der Waals surface area contributed by atoms with Crippen LogP contribution in [0.3, 0.4) is 0 Å². The molecule has 2 aromatic carbocycles. The summed E-state index contributed by atoms with van der Waals surface area (Å²) in [6.07, 6.45) is 4.52. The summed E-state index contributed by atoms with van der Waals surface area (Å²) in [5.74, 6) is 0.648. The van der Waals surface area contributed by atoms with Crippen LogP contribution in [-0.4, -0.2) is 32.0 Å². The Bertz CT molecular complexity index is 1400. The Morgan fingerprint density at radius 1 is 0.939 bits per heavy atom. The Kier molecular flexibility index (Phi) is 5.65. The van der Waals surface area contributed by atoms with Gasteiger partial charge >= 0.3 is 0 Å². The molecule has 0 radical (unpaired) electrons. The van der Waals surface area contributed by atoms with E-state index in [0.29, 0.717) is 17.8 Å². The average Bonchev–Trinajstić information content (AvgIpc) is 3.41. The number of aryl methyl sites for hydroxylation is 4. The minimum absolute atomic E-state index is 0.124. The quantitative estimate of drug-likeness (QED) is 0.391. The van der Waals surface area contributed by atoms with E-state index in [1.807, 2.05) is 35.7 Å². The van der Waals surface area contributed by atoms with Crippen molar-refractivity contribution in [3.05, 3.63) is 101 Å². The lowest BCUT2D eigenvalue weighted by atomic mass is 10.0. The zero-order valence-electron chi connectivity index (χ0n) is 18.9. The SMILES string of the molecule is Cc1ccc(CCc2cc(C(=O)NCCc3cc4ccccc4[nH]3)c3nnc(C)n3c2)cc1. The molecule has 0 aliphatic rings. The number of hydrogen-bond donors (Lipinski definition) is 2. The van der Waals surface area contributed by atoms with Gasteiger partial charge in [-0.1, -0.05) is 48.0 Å². The molecular weight excluding hydrogens is 410 g/mol. The molecule has 3 aromatic heterocycles. The summed E-state index contributed by atoms with van der Waals surface area (Å²) in [5.41, 5.74) is 7.00. The van der Waals surface area contributed by atoms with Gasteiger partial charge < -0.3 is 10.3 Å². The van der Waals surface area contributed by atoms with Crippen molar-refractivity contribution in [2.45, 2.75) is 33.1 Å². The van der Waals surface area contributed by atoms with E-state index in [2.05, 4.69) is 69.9 Å². The third kappa shape index (κ3) is 4.51. The number of fused-ring (bicyclic) bond motifs is 2. The molecule has 2 N–H and O–H groups in total. The van der Waals surface area contributed by atoms with Gasteiger partial charge in [-0.25, -0.2) is 0 Å². The standard InChI is InChI=1S/C27H27N5O/c1-18-7-9-20(10-8-18)11-12-21-15-24(26-31-30-19(2)32(26)17-21)27(33)28-14-13-23-16-22-5-3-4-6-25(22)29-23/h3-10,15-17,29H,11-14H2,1-2H3,(H,28,33). The molecule has 0 aliphatic carbocycles. The van der Waals surface area contributed by atoms with Crippen LogP contribution in [0.1, 0.15) is 38.6 Å². The molecule has 0 saturated heterocycles. The van der Waals surface area contributed by atoms with E-state index in [1.165, 1.54) is 16.5 Å². The van der Waals surface area contributed by atoms with E-state index in [1.54, 1.807) is 0 Å². The number of pyridine rings is 1. The van der Waals surface area contributed by atoms with Gasteiger partial charge in [0.25, 0.3) is 5.91 Å². The van der Waals surface area contributed by atoms with Crippen molar-refractivity contribution in [1.82, 2.24) is 24.9 Å². The second kappa shape index (κ2) is 8.90. The molecule has 33 heavy (non-hydrogen) atoms. The summed E-state index contributed by atoms with van der Waals surface area (Å²) in [6.45, 7) is 4.54. The second-order valence-electron chi connectivity index (χ2n) is 8.58. The highest BCUT2D eigenvalue weighted by molar-refractivity contribution is 6.00. The molecule has 6 heteroatoms. The van der Waals surface area contributed by atoms with E-state index in [0.717, 1.165) is 41.9 Å². The first kappa shape index (κ1) is 20.9. The molecule has 5 aromatic rings.